The van der Waals surface area contributed by atoms with Crippen molar-refractivity contribution < 1.29 is 4.79 Å². The van der Waals surface area contributed by atoms with Gasteiger partial charge in [-0.3, -0.25) is 4.79 Å². The number of ketones is 1. The van der Waals surface area contributed by atoms with Crippen LogP contribution in [-0.4, -0.2) is 5.78 Å². The molecule has 0 bridgehead atoms. The van der Waals surface area contributed by atoms with E-state index in [1.807, 2.05) is 6.92 Å². The van der Waals surface area contributed by atoms with Gasteiger partial charge in [0.1, 0.15) is 0 Å². The van der Waals surface area contributed by atoms with E-state index in [9.17, 15) is 4.79 Å². The first-order chi connectivity index (χ1) is 9.04. The van der Waals surface area contributed by atoms with E-state index in [4.69, 9.17) is 12.2 Å². The molecule has 1 atom stereocenters. The molecule has 2 N–H and O–H groups in total. The molecule has 0 amide bonds. The van der Waals surface area contributed by atoms with Crippen LogP contribution >= 0.6 is 0 Å². The quantitative estimate of drug-likeness (QED) is 0.479. The Bertz CT molecular complexity index is 523. The summed E-state index contributed by atoms with van der Waals surface area (Å²) in [6.07, 6.45) is 8.16. The largest absolute Gasteiger partial charge is 0.399 e. The van der Waals surface area contributed by atoms with Crippen LogP contribution in [0.15, 0.2) is 24.8 Å². The zero-order chi connectivity index (χ0) is 14.4. The summed E-state index contributed by atoms with van der Waals surface area (Å²) < 4.78 is 0. The third-order valence-corrected chi connectivity index (χ3v) is 3.32. The SMILES string of the molecule is C#Cc1cc(N)ccc1C(=C)C(=O)C(CC)CCC. The Morgan fingerprint density at radius 2 is 2.16 bits per heavy atom. The molecule has 100 valence electrons. The highest BCUT2D eigenvalue weighted by molar-refractivity contribution is 6.21. The summed E-state index contributed by atoms with van der Waals surface area (Å²) in [7, 11) is 0. The maximum atomic E-state index is 12.4. The second-order valence-corrected chi connectivity index (χ2v) is 4.69. The third kappa shape index (κ3) is 3.48. The summed E-state index contributed by atoms with van der Waals surface area (Å²) in [4.78, 5) is 12.4. The number of nitrogen functional groups attached to an aromatic ring is 1. The number of hydrogen-bond acceptors (Lipinski definition) is 2. The molecule has 0 spiro atoms. The minimum absolute atomic E-state index is 0.0284. The normalized spacial score (nSPS) is 11.6. The lowest BCUT2D eigenvalue weighted by Crippen LogP contribution is -2.15. The van der Waals surface area contributed by atoms with Crippen LogP contribution in [0, 0.1) is 18.3 Å². The number of carbonyl (C=O) groups excluding carboxylic acids is 1. The van der Waals surface area contributed by atoms with Gasteiger partial charge in [0.25, 0.3) is 0 Å². The van der Waals surface area contributed by atoms with Gasteiger partial charge in [0.05, 0.1) is 0 Å². The lowest BCUT2D eigenvalue weighted by molar-refractivity contribution is -0.117. The van der Waals surface area contributed by atoms with Gasteiger partial charge in [-0.25, -0.2) is 0 Å². The van der Waals surface area contributed by atoms with E-state index in [-0.39, 0.29) is 11.7 Å². The monoisotopic (exact) mass is 255 g/mol. The Balaban J connectivity index is 3.07. The Labute approximate surface area is 115 Å². The second kappa shape index (κ2) is 6.80. The van der Waals surface area contributed by atoms with Gasteiger partial charge < -0.3 is 5.73 Å². The van der Waals surface area contributed by atoms with E-state index < -0.39 is 0 Å². The zero-order valence-corrected chi connectivity index (χ0v) is 11.7. The van der Waals surface area contributed by atoms with E-state index in [1.165, 1.54) is 0 Å². The first-order valence-electron chi connectivity index (χ1n) is 6.64. The summed E-state index contributed by atoms with van der Waals surface area (Å²) >= 11 is 0. The molecule has 0 saturated heterocycles. The fourth-order valence-electron chi connectivity index (χ4n) is 2.19. The fourth-order valence-corrected chi connectivity index (χ4v) is 2.19. The van der Waals surface area contributed by atoms with Crippen LogP contribution < -0.4 is 5.73 Å². The first-order valence-corrected chi connectivity index (χ1v) is 6.64. The molecule has 0 aliphatic carbocycles. The zero-order valence-electron chi connectivity index (χ0n) is 11.7. The standard InChI is InChI=1S/C17H21NO/c1-5-8-13(6-2)17(19)12(4)16-10-9-15(18)11-14(16)7-3/h3,9-11,13H,4-6,8,18H2,1-2H3. The molecule has 1 aromatic rings. The molecular formula is C17H21NO. The van der Waals surface area contributed by atoms with E-state index in [2.05, 4.69) is 19.4 Å². The Morgan fingerprint density at radius 1 is 1.47 bits per heavy atom. The van der Waals surface area contributed by atoms with Gasteiger partial charge in [-0.1, -0.05) is 38.8 Å². The fraction of sp³-hybridized carbons (Fsp3) is 0.353. The maximum Gasteiger partial charge on any atom is 0.165 e. The van der Waals surface area contributed by atoms with Crippen LogP contribution in [0.3, 0.4) is 0 Å². The molecule has 2 heteroatoms. The number of anilines is 1. The highest BCUT2D eigenvalue weighted by Gasteiger charge is 2.20. The van der Waals surface area contributed by atoms with Crippen molar-refractivity contribution in [1.29, 1.82) is 0 Å². The van der Waals surface area contributed by atoms with Crippen molar-refractivity contribution in [2.24, 2.45) is 5.92 Å². The molecule has 0 saturated carbocycles. The number of carbonyl (C=O) groups is 1. The molecule has 0 aliphatic heterocycles. The van der Waals surface area contributed by atoms with Crippen molar-refractivity contribution in [2.75, 3.05) is 5.73 Å². The van der Waals surface area contributed by atoms with Gasteiger partial charge in [-0.2, -0.15) is 0 Å². The molecule has 0 fully saturated rings. The van der Waals surface area contributed by atoms with E-state index in [0.717, 1.165) is 24.8 Å². The van der Waals surface area contributed by atoms with Gasteiger partial charge in [0, 0.05) is 28.3 Å². The van der Waals surface area contributed by atoms with Crippen LogP contribution in [-0.2, 0) is 4.79 Å². The summed E-state index contributed by atoms with van der Waals surface area (Å²) in [5.74, 6) is 2.69. The highest BCUT2D eigenvalue weighted by Crippen LogP contribution is 2.26. The molecule has 2 nitrogen and oxygen atoms in total. The van der Waals surface area contributed by atoms with Crippen LogP contribution in [0.25, 0.3) is 5.57 Å². The lowest BCUT2D eigenvalue weighted by atomic mass is 9.87. The molecule has 1 unspecified atom stereocenters. The number of benzene rings is 1. The smallest absolute Gasteiger partial charge is 0.165 e. The van der Waals surface area contributed by atoms with Gasteiger partial charge in [0.15, 0.2) is 5.78 Å². The van der Waals surface area contributed by atoms with Gasteiger partial charge in [-0.15, -0.1) is 6.42 Å². The molecule has 0 heterocycles. The predicted octanol–water partition coefficient (Wildman–Crippen LogP) is 3.66. The number of allylic oxidation sites excluding steroid dienone is 1. The van der Waals surface area contributed by atoms with Gasteiger partial charge >= 0.3 is 0 Å². The van der Waals surface area contributed by atoms with Crippen LogP contribution in [0.5, 0.6) is 0 Å². The Hall–Kier alpha value is -2.01. The topological polar surface area (TPSA) is 43.1 Å². The average molecular weight is 255 g/mol. The first kappa shape index (κ1) is 15.0. The summed E-state index contributed by atoms with van der Waals surface area (Å²) in [6.45, 7) is 8.03. The van der Waals surface area contributed by atoms with Crippen LogP contribution in [0.4, 0.5) is 5.69 Å². The number of rotatable bonds is 6. The summed E-state index contributed by atoms with van der Waals surface area (Å²) in [6, 6.07) is 5.23. The molecular weight excluding hydrogens is 234 g/mol. The molecule has 0 aliphatic rings. The van der Waals surface area contributed by atoms with Gasteiger partial charge in [0.2, 0.25) is 0 Å². The molecule has 0 aromatic heterocycles. The summed E-state index contributed by atoms with van der Waals surface area (Å²) in [5, 5.41) is 0. The van der Waals surface area contributed by atoms with Crippen molar-refractivity contribution in [1.82, 2.24) is 0 Å². The van der Waals surface area contributed by atoms with Gasteiger partial charge in [-0.05, 0) is 25.0 Å². The Kier molecular flexibility index (Phi) is 5.38. The van der Waals surface area contributed by atoms with Crippen molar-refractivity contribution in [3.8, 4) is 12.3 Å². The summed E-state index contributed by atoms with van der Waals surface area (Å²) in [5.41, 5.74) is 8.14. The minimum Gasteiger partial charge on any atom is -0.399 e. The van der Waals surface area contributed by atoms with E-state index in [1.54, 1.807) is 18.2 Å². The minimum atomic E-state index is 0.0284. The van der Waals surface area contributed by atoms with Crippen LogP contribution in [0.1, 0.15) is 44.2 Å². The van der Waals surface area contributed by atoms with E-state index >= 15 is 0 Å². The van der Waals surface area contributed by atoms with Crippen molar-refractivity contribution in [2.45, 2.75) is 33.1 Å². The maximum absolute atomic E-state index is 12.4. The lowest BCUT2D eigenvalue weighted by Gasteiger charge is -2.15. The third-order valence-electron chi connectivity index (χ3n) is 3.32. The number of terminal acetylenes is 1. The highest BCUT2D eigenvalue weighted by atomic mass is 16.1. The second-order valence-electron chi connectivity index (χ2n) is 4.69. The molecule has 19 heavy (non-hydrogen) atoms. The number of Topliss-reactive ketones (excluding diaryl/α,β-unsaturated/α-hetero) is 1. The number of nitrogens with two attached hydrogens (primary N) is 1. The Morgan fingerprint density at radius 3 is 2.68 bits per heavy atom. The molecule has 1 aromatic carbocycles. The predicted molar refractivity (Wildman–Crippen MR) is 81.5 cm³/mol. The van der Waals surface area contributed by atoms with Crippen LogP contribution in [0.2, 0.25) is 0 Å². The van der Waals surface area contributed by atoms with Crippen molar-refractivity contribution in [3.05, 3.63) is 35.9 Å². The average Bonchev–Trinajstić information content (AvgIpc) is 2.43. The van der Waals surface area contributed by atoms with E-state index in [0.29, 0.717) is 16.8 Å². The molecule has 0 radical (unpaired) electrons. The van der Waals surface area contributed by atoms with Crippen molar-refractivity contribution >= 4 is 17.0 Å². The van der Waals surface area contributed by atoms with Crippen molar-refractivity contribution in [3.63, 3.8) is 0 Å². The molecule has 1 rings (SSSR count). The number of hydrogen-bond donors (Lipinski definition) is 1.